The number of piperazine rings is 1. The summed E-state index contributed by atoms with van der Waals surface area (Å²) in [4.78, 5) is 82.2. The summed E-state index contributed by atoms with van der Waals surface area (Å²) >= 11 is 0. The Hall–Kier alpha value is -6.97. The normalized spacial score (nSPS) is 17.4. The summed E-state index contributed by atoms with van der Waals surface area (Å²) in [6.07, 6.45) is 4.45. The molecular formula is C55H62F2N8O10. The maximum Gasteiger partial charge on any atom is 0.262 e. The SMILES string of the molecule is O=C(CCCOCCOCCOCCCc1ccc2c(c1)C(=O)N(C1CCC(=O)NC1=O)C2=O)CN1CCN(c2ccc(C(=O)Nc3n[nH]c4ccc(Cc5cc(F)cc(F)c5)cc34)c(NC3CCOCC3)c2)CC1. The quantitative estimate of drug-likeness (QED) is 0.0423. The largest absolute Gasteiger partial charge is 0.381 e. The van der Waals surface area contributed by atoms with Crippen LogP contribution in [0, 0.1) is 11.6 Å². The van der Waals surface area contributed by atoms with E-state index < -0.39 is 41.3 Å². The zero-order chi connectivity index (χ0) is 52.3. The Morgan fingerprint density at radius 2 is 1.44 bits per heavy atom. The molecule has 4 aromatic carbocycles. The lowest BCUT2D eigenvalue weighted by Gasteiger charge is -2.36. The van der Waals surface area contributed by atoms with E-state index in [1.807, 2.05) is 36.4 Å². The Bertz CT molecular complexity index is 2880. The summed E-state index contributed by atoms with van der Waals surface area (Å²) < 4.78 is 50.4. The first-order valence-corrected chi connectivity index (χ1v) is 25.7. The van der Waals surface area contributed by atoms with Gasteiger partial charge < -0.3 is 34.5 Å². The third kappa shape index (κ3) is 13.7. The minimum atomic E-state index is -0.995. The second-order valence-corrected chi connectivity index (χ2v) is 19.3. The number of aryl methyl sites for hydroxylation is 1. The van der Waals surface area contributed by atoms with Gasteiger partial charge in [-0.3, -0.25) is 49.0 Å². The van der Waals surface area contributed by atoms with E-state index in [2.05, 4.69) is 35.9 Å². The second-order valence-electron chi connectivity index (χ2n) is 19.3. The van der Waals surface area contributed by atoms with E-state index in [0.29, 0.717) is 151 Å². The molecule has 4 aliphatic rings. The number of fused-ring (bicyclic) bond motifs is 2. The van der Waals surface area contributed by atoms with E-state index in [-0.39, 0.29) is 41.7 Å². The molecule has 0 radical (unpaired) electrons. The number of halogens is 2. The number of benzene rings is 4. The number of piperidine rings is 1. The van der Waals surface area contributed by atoms with Gasteiger partial charge in [-0.2, -0.15) is 5.10 Å². The van der Waals surface area contributed by atoms with Crippen LogP contribution in [0.2, 0.25) is 0 Å². The predicted molar refractivity (Wildman–Crippen MR) is 274 cm³/mol. The topological polar surface area (TPSA) is 214 Å². The van der Waals surface area contributed by atoms with Gasteiger partial charge in [0, 0.05) is 94.3 Å². The molecule has 4 aliphatic heterocycles. The van der Waals surface area contributed by atoms with Gasteiger partial charge in [0.15, 0.2) is 5.82 Å². The standard InChI is InChI=1S/C55H62F2N8O10/c56-38-28-37(29-39(57)32-38)27-36-6-10-47-46(31-36)51(62-61-47)60-52(68)44-9-7-41(33-48(44)58-40-13-21-74-22-14-40)64-17-15-63(16-18-64)34-42(66)4-2-20-73-24-26-75-25-23-72-19-1-3-35-5-8-43-45(30-35)55(71)65(54(43)70)49-11-12-50(67)59-53(49)69/h5-10,28-33,40,49,58H,1-4,11-27,34H2,(H,59,67,69)(H2,60,61,62,68). The molecule has 1 unspecified atom stereocenters. The Balaban J connectivity index is 0.648. The number of H-pyrrole nitrogens is 1. The molecule has 0 bridgehead atoms. The summed E-state index contributed by atoms with van der Waals surface area (Å²) in [6.45, 7) is 7.04. The number of ketones is 1. The van der Waals surface area contributed by atoms with Crippen LogP contribution in [0.3, 0.4) is 0 Å². The van der Waals surface area contributed by atoms with Crippen LogP contribution < -0.4 is 20.9 Å². The molecule has 0 spiro atoms. The molecule has 5 amide bonds. The molecular weight excluding hydrogens is 971 g/mol. The maximum atomic E-state index is 14.0. The lowest BCUT2D eigenvalue weighted by molar-refractivity contribution is -0.136. The number of aromatic amines is 1. The van der Waals surface area contributed by atoms with Gasteiger partial charge in [-0.05, 0) is 116 Å². The third-order valence-corrected chi connectivity index (χ3v) is 13.9. The Morgan fingerprint density at radius 1 is 0.733 bits per heavy atom. The molecule has 5 heterocycles. The van der Waals surface area contributed by atoms with Crippen LogP contribution in [0.15, 0.2) is 72.8 Å². The molecule has 0 aliphatic carbocycles. The van der Waals surface area contributed by atoms with Gasteiger partial charge in [0.05, 0.1) is 55.2 Å². The number of carbonyl (C=O) groups excluding carboxylic acids is 6. The van der Waals surface area contributed by atoms with Gasteiger partial charge in [0.2, 0.25) is 11.8 Å². The number of aromatic nitrogens is 2. The lowest BCUT2D eigenvalue weighted by Crippen LogP contribution is -2.54. The van der Waals surface area contributed by atoms with Crippen LogP contribution in [-0.2, 0) is 46.2 Å². The molecule has 75 heavy (non-hydrogen) atoms. The van der Waals surface area contributed by atoms with Gasteiger partial charge in [0.1, 0.15) is 23.5 Å². The number of rotatable bonds is 24. The molecule has 1 aromatic heterocycles. The fraction of sp³-hybridized carbons (Fsp3) is 0.436. The highest BCUT2D eigenvalue weighted by molar-refractivity contribution is 6.23. The van der Waals surface area contributed by atoms with Crippen molar-refractivity contribution in [2.24, 2.45) is 0 Å². The average Bonchev–Trinajstić information content (AvgIpc) is 3.90. The smallest absolute Gasteiger partial charge is 0.262 e. The minimum absolute atomic E-state index is 0.0696. The number of nitrogens with one attached hydrogen (secondary N) is 4. The maximum absolute atomic E-state index is 14.0. The van der Waals surface area contributed by atoms with E-state index in [0.717, 1.165) is 40.6 Å². The number of anilines is 3. The molecule has 1 atom stereocenters. The number of amides is 5. The first kappa shape index (κ1) is 52.9. The Labute approximate surface area is 432 Å². The zero-order valence-electron chi connectivity index (χ0n) is 41.8. The molecule has 20 heteroatoms. The molecule has 0 saturated carbocycles. The molecule has 3 fully saturated rings. The van der Waals surface area contributed by atoms with Gasteiger partial charge >= 0.3 is 0 Å². The van der Waals surface area contributed by atoms with E-state index in [9.17, 15) is 37.5 Å². The second kappa shape index (κ2) is 25.0. The molecule has 3 saturated heterocycles. The first-order valence-electron chi connectivity index (χ1n) is 25.7. The molecule has 396 valence electrons. The van der Waals surface area contributed by atoms with Gasteiger partial charge in [0.25, 0.3) is 17.7 Å². The summed E-state index contributed by atoms with van der Waals surface area (Å²) in [5.41, 5.74) is 5.53. The van der Waals surface area contributed by atoms with Crippen LogP contribution in [0.4, 0.5) is 26.0 Å². The van der Waals surface area contributed by atoms with Gasteiger partial charge in [-0.25, -0.2) is 8.78 Å². The number of carbonyl (C=O) groups is 6. The summed E-state index contributed by atoms with van der Waals surface area (Å²) in [7, 11) is 0. The van der Waals surface area contributed by atoms with E-state index in [4.69, 9.17) is 18.9 Å². The molecule has 18 nitrogen and oxygen atoms in total. The highest BCUT2D eigenvalue weighted by Crippen LogP contribution is 2.31. The average molecular weight is 1030 g/mol. The minimum Gasteiger partial charge on any atom is -0.381 e. The van der Waals surface area contributed by atoms with Crippen molar-refractivity contribution in [1.82, 2.24) is 25.3 Å². The summed E-state index contributed by atoms with van der Waals surface area (Å²) in [5, 5.41) is 16.8. The van der Waals surface area contributed by atoms with Crippen molar-refractivity contribution < 1.29 is 56.5 Å². The number of ether oxygens (including phenoxy) is 4. The number of hydrogen-bond donors (Lipinski definition) is 4. The Kier molecular flexibility index (Phi) is 17.7. The van der Waals surface area contributed by atoms with Crippen molar-refractivity contribution in [3.05, 3.63) is 118 Å². The molecule has 5 aromatic rings. The summed E-state index contributed by atoms with van der Waals surface area (Å²) in [5.74, 6) is -3.20. The van der Waals surface area contributed by atoms with Gasteiger partial charge in [-0.15, -0.1) is 0 Å². The van der Waals surface area contributed by atoms with Crippen LogP contribution >= 0.6 is 0 Å². The fourth-order valence-corrected chi connectivity index (χ4v) is 9.96. The van der Waals surface area contributed by atoms with Crippen molar-refractivity contribution in [2.75, 3.05) is 101 Å². The highest BCUT2D eigenvalue weighted by Gasteiger charge is 2.44. The van der Waals surface area contributed by atoms with Crippen molar-refractivity contribution in [3.63, 3.8) is 0 Å². The zero-order valence-corrected chi connectivity index (χ0v) is 41.8. The van der Waals surface area contributed by atoms with E-state index in [1.165, 1.54) is 12.1 Å². The van der Waals surface area contributed by atoms with Crippen molar-refractivity contribution >= 4 is 63.4 Å². The number of nitrogens with zero attached hydrogens (tertiary/aromatic N) is 4. The van der Waals surface area contributed by atoms with Crippen LogP contribution in [0.5, 0.6) is 0 Å². The first-order chi connectivity index (χ1) is 36.4. The molecule has 4 N–H and O–H groups in total. The van der Waals surface area contributed by atoms with Crippen LogP contribution in [0.25, 0.3) is 10.9 Å². The fourth-order valence-electron chi connectivity index (χ4n) is 9.96. The Morgan fingerprint density at radius 3 is 2.19 bits per heavy atom. The molecule has 9 rings (SSSR count). The lowest BCUT2D eigenvalue weighted by atomic mass is 10.0. The van der Waals surface area contributed by atoms with E-state index >= 15 is 0 Å². The number of imide groups is 2. The monoisotopic (exact) mass is 1030 g/mol. The van der Waals surface area contributed by atoms with Crippen molar-refractivity contribution in [3.8, 4) is 0 Å². The van der Waals surface area contributed by atoms with Crippen molar-refractivity contribution in [1.29, 1.82) is 0 Å². The predicted octanol–water partition coefficient (Wildman–Crippen LogP) is 5.83. The summed E-state index contributed by atoms with van der Waals surface area (Å²) in [6, 6.07) is 19.0. The van der Waals surface area contributed by atoms with Crippen molar-refractivity contribution in [2.45, 2.75) is 69.9 Å². The van der Waals surface area contributed by atoms with Crippen LogP contribution in [-0.4, -0.2) is 153 Å². The van der Waals surface area contributed by atoms with Crippen LogP contribution in [0.1, 0.15) is 92.7 Å². The number of hydrogen-bond acceptors (Lipinski definition) is 14. The van der Waals surface area contributed by atoms with Gasteiger partial charge in [-0.1, -0.05) is 12.1 Å². The third-order valence-electron chi connectivity index (χ3n) is 13.9. The number of Topliss-reactive ketones (excluding diaryl/α,β-unsaturated/α-hetero) is 1. The highest BCUT2D eigenvalue weighted by atomic mass is 19.1. The van der Waals surface area contributed by atoms with E-state index in [1.54, 1.807) is 18.2 Å².